The van der Waals surface area contributed by atoms with Crippen LogP contribution in [0.4, 0.5) is 0 Å². The first-order chi connectivity index (χ1) is 19.3. The Labute approximate surface area is 229 Å². The van der Waals surface area contributed by atoms with Gasteiger partial charge >= 0.3 is 0 Å². The van der Waals surface area contributed by atoms with E-state index < -0.39 is 0 Å². The summed E-state index contributed by atoms with van der Waals surface area (Å²) in [4.78, 5) is 0. The molecule has 0 nitrogen and oxygen atoms in total. The molecule has 0 amide bonds. The molecule has 0 unspecified atom stereocenters. The van der Waals surface area contributed by atoms with Crippen molar-refractivity contribution in [3.05, 3.63) is 190 Å². The van der Waals surface area contributed by atoms with E-state index in [9.17, 15) is 0 Å². The monoisotopic (exact) mass is 494 g/mol. The Kier molecular flexibility index (Phi) is 3.95. The molecule has 0 radical (unpaired) electrons. The highest BCUT2D eigenvalue weighted by atomic mass is 14.6. The summed E-state index contributed by atoms with van der Waals surface area (Å²) in [7, 11) is 0. The predicted octanol–water partition coefficient (Wildman–Crippen LogP) is 9.03. The van der Waals surface area contributed by atoms with Gasteiger partial charge in [-0.25, -0.2) is 0 Å². The Morgan fingerprint density at radius 2 is 0.615 bits per heavy atom. The molecule has 3 aliphatic carbocycles. The lowest BCUT2D eigenvalue weighted by molar-refractivity contribution is 0.632. The highest BCUT2D eigenvalue weighted by molar-refractivity contribution is 5.93. The van der Waals surface area contributed by atoms with Crippen LogP contribution in [0.25, 0.3) is 22.3 Å². The third-order valence-corrected chi connectivity index (χ3v) is 9.62. The lowest BCUT2D eigenvalue weighted by Crippen LogP contribution is -2.43. The molecular weight excluding hydrogens is 468 g/mol. The summed E-state index contributed by atoms with van der Waals surface area (Å²) in [6.45, 7) is 2.24. The van der Waals surface area contributed by atoms with Crippen LogP contribution in [0.2, 0.25) is 0 Å². The van der Waals surface area contributed by atoms with Crippen molar-refractivity contribution in [1.82, 2.24) is 0 Å². The zero-order valence-corrected chi connectivity index (χ0v) is 21.8. The van der Waals surface area contributed by atoms with Crippen molar-refractivity contribution < 1.29 is 0 Å². The second-order valence-corrected chi connectivity index (χ2v) is 11.3. The zero-order chi connectivity index (χ0) is 25.8. The van der Waals surface area contributed by atoms with Gasteiger partial charge in [-0.2, -0.15) is 0 Å². The summed E-state index contributed by atoms with van der Waals surface area (Å²) in [5, 5.41) is 0. The molecule has 3 aliphatic rings. The van der Waals surface area contributed by atoms with Gasteiger partial charge in [0.1, 0.15) is 0 Å². The molecule has 0 heteroatoms. The molecular formula is C39H26. The Balaban J connectivity index is 1.55. The highest BCUT2D eigenvalue weighted by Crippen LogP contribution is 2.67. The maximum absolute atomic E-state index is 2.48. The van der Waals surface area contributed by atoms with Gasteiger partial charge in [-0.05, 0) is 73.7 Å². The van der Waals surface area contributed by atoms with Crippen LogP contribution >= 0.6 is 0 Å². The smallest absolute Gasteiger partial charge is 0.0619 e. The van der Waals surface area contributed by atoms with E-state index in [1.54, 1.807) is 0 Å². The van der Waals surface area contributed by atoms with Crippen LogP contribution < -0.4 is 0 Å². The van der Waals surface area contributed by atoms with Gasteiger partial charge in [-0.1, -0.05) is 145 Å². The zero-order valence-electron chi connectivity index (χ0n) is 21.8. The van der Waals surface area contributed by atoms with Crippen LogP contribution in [-0.4, -0.2) is 0 Å². The third-order valence-electron chi connectivity index (χ3n) is 9.62. The van der Waals surface area contributed by atoms with Gasteiger partial charge < -0.3 is 0 Å². The number of hydrogen-bond acceptors (Lipinski definition) is 0. The van der Waals surface area contributed by atoms with Crippen molar-refractivity contribution in [2.45, 2.75) is 17.8 Å². The van der Waals surface area contributed by atoms with E-state index in [1.165, 1.54) is 72.3 Å². The van der Waals surface area contributed by atoms with Crippen molar-refractivity contribution in [2.75, 3.05) is 0 Å². The number of hydrogen-bond donors (Lipinski definition) is 0. The fraction of sp³-hybridized carbons (Fsp3) is 0.0769. The molecule has 6 aromatic carbocycles. The van der Waals surface area contributed by atoms with Crippen LogP contribution in [0, 0.1) is 6.92 Å². The average Bonchev–Trinajstić information content (AvgIpc) is 3.46. The quantitative estimate of drug-likeness (QED) is 0.197. The van der Waals surface area contributed by atoms with Crippen LogP contribution in [0.3, 0.4) is 0 Å². The molecule has 0 saturated heterocycles. The fourth-order valence-corrected chi connectivity index (χ4v) is 8.35. The van der Waals surface area contributed by atoms with E-state index in [1.807, 2.05) is 0 Å². The fourth-order valence-electron chi connectivity index (χ4n) is 8.35. The highest BCUT2D eigenvalue weighted by Gasteiger charge is 2.58. The van der Waals surface area contributed by atoms with E-state index in [2.05, 4.69) is 146 Å². The maximum atomic E-state index is 2.48. The summed E-state index contributed by atoms with van der Waals surface area (Å²) in [5.41, 5.74) is 17.1. The number of benzene rings is 6. The topological polar surface area (TPSA) is 0 Å². The Bertz CT molecular complexity index is 1900. The molecule has 9 rings (SSSR count). The van der Waals surface area contributed by atoms with E-state index >= 15 is 0 Å². The lowest BCUT2D eigenvalue weighted by atomic mass is 9.52. The summed E-state index contributed by atoms with van der Waals surface area (Å²) < 4.78 is 0. The first-order valence-corrected chi connectivity index (χ1v) is 13.9. The van der Waals surface area contributed by atoms with Crippen molar-refractivity contribution >= 4 is 0 Å². The van der Waals surface area contributed by atoms with Crippen molar-refractivity contribution in [3.63, 3.8) is 0 Å². The Morgan fingerprint density at radius 1 is 0.308 bits per heavy atom. The SMILES string of the molecule is Cc1ccc2c(c1)C1(c3ccccc3-c3ccccc31)c1ccccc1C21c2ccccc2-c2ccccc21. The van der Waals surface area contributed by atoms with Gasteiger partial charge in [0.05, 0.1) is 10.8 Å². The lowest BCUT2D eigenvalue weighted by Gasteiger charge is -2.49. The van der Waals surface area contributed by atoms with Gasteiger partial charge in [-0.3, -0.25) is 0 Å². The Morgan fingerprint density at radius 3 is 1.03 bits per heavy atom. The Hall–Kier alpha value is -4.68. The van der Waals surface area contributed by atoms with Crippen molar-refractivity contribution in [3.8, 4) is 22.3 Å². The summed E-state index contributed by atoms with van der Waals surface area (Å²) in [6, 6.07) is 52.8. The van der Waals surface area contributed by atoms with Gasteiger partial charge in [0.25, 0.3) is 0 Å². The molecule has 6 aromatic rings. The minimum Gasteiger partial charge on any atom is -0.0619 e. The second kappa shape index (κ2) is 7.24. The minimum absolute atomic E-state index is 0.370. The summed E-state index contributed by atoms with van der Waals surface area (Å²) >= 11 is 0. The minimum atomic E-state index is -0.372. The average molecular weight is 495 g/mol. The number of rotatable bonds is 0. The molecule has 0 atom stereocenters. The van der Waals surface area contributed by atoms with Crippen molar-refractivity contribution in [2.24, 2.45) is 0 Å². The van der Waals surface area contributed by atoms with E-state index in [-0.39, 0.29) is 10.8 Å². The summed E-state index contributed by atoms with van der Waals surface area (Å²) in [5.74, 6) is 0. The molecule has 39 heavy (non-hydrogen) atoms. The molecule has 0 saturated carbocycles. The first kappa shape index (κ1) is 21.3. The maximum Gasteiger partial charge on any atom is 0.0720 e. The second-order valence-electron chi connectivity index (χ2n) is 11.3. The standard InChI is InChI=1S/C39H26/c1-25-22-23-36-37(24-25)39(32-18-8-4-14-28(32)29-15-5-9-19-33(29)39)35-21-11-10-20-34(35)38(36)30-16-6-2-12-26(30)27-13-3-7-17-31(27)38/h2-24H,1H3. The van der Waals surface area contributed by atoms with Gasteiger partial charge in [0.15, 0.2) is 0 Å². The molecule has 0 heterocycles. The summed E-state index contributed by atoms with van der Waals surface area (Å²) in [6.07, 6.45) is 0. The third kappa shape index (κ3) is 2.30. The normalized spacial score (nSPS) is 15.7. The molecule has 0 aromatic heterocycles. The van der Waals surface area contributed by atoms with Crippen LogP contribution in [0.5, 0.6) is 0 Å². The van der Waals surface area contributed by atoms with E-state index in [0.717, 1.165) is 0 Å². The van der Waals surface area contributed by atoms with Crippen LogP contribution in [0.1, 0.15) is 50.1 Å². The molecule has 0 N–H and O–H groups in total. The largest absolute Gasteiger partial charge is 0.0720 e. The van der Waals surface area contributed by atoms with Gasteiger partial charge in [0, 0.05) is 0 Å². The van der Waals surface area contributed by atoms with Crippen molar-refractivity contribution in [1.29, 1.82) is 0 Å². The van der Waals surface area contributed by atoms with Crippen LogP contribution in [0.15, 0.2) is 140 Å². The van der Waals surface area contributed by atoms with E-state index in [0.29, 0.717) is 0 Å². The molecule has 182 valence electrons. The number of aryl methyl sites for hydroxylation is 1. The molecule has 0 bridgehead atoms. The number of fused-ring (bicyclic) bond motifs is 16. The molecule has 0 fully saturated rings. The van der Waals surface area contributed by atoms with Gasteiger partial charge in [-0.15, -0.1) is 0 Å². The molecule has 0 aliphatic heterocycles. The van der Waals surface area contributed by atoms with E-state index in [4.69, 9.17) is 0 Å². The van der Waals surface area contributed by atoms with Crippen LogP contribution in [-0.2, 0) is 10.8 Å². The first-order valence-electron chi connectivity index (χ1n) is 13.9. The van der Waals surface area contributed by atoms with Gasteiger partial charge in [0.2, 0.25) is 0 Å². The molecule has 2 spiro atoms. The predicted molar refractivity (Wildman–Crippen MR) is 159 cm³/mol.